The van der Waals surface area contributed by atoms with Crippen molar-refractivity contribution in [2.75, 3.05) is 13.7 Å². The average Bonchev–Trinajstić information content (AvgIpc) is 2.95. The topological polar surface area (TPSA) is 84.6 Å². The molecule has 0 spiro atoms. The lowest BCUT2D eigenvalue weighted by atomic mass is 10.2. The van der Waals surface area contributed by atoms with Crippen molar-refractivity contribution in [2.45, 2.75) is 26.9 Å². The van der Waals surface area contributed by atoms with Crippen molar-refractivity contribution in [2.24, 2.45) is 4.99 Å². The maximum Gasteiger partial charge on any atom is 0.246 e. The van der Waals surface area contributed by atoms with Crippen molar-refractivity contribution in [3.8, 4) is 5.75 Å². The molecule has 1 aromatic carbocycles. The van der Waals surface area contributed by atoms with Crippen LogP contribution in [0.25, 0.3) is 0 Å². The number of aryl methyl sites for hydroxylation is 1. The molecule has 22 heavy (non-hydrogen) atoms. The first-order chi connectivity index (χ1) is 10.7. The highest BCUT2D eigenvalue weighted by molar-refractivity contribution is 5.79. The summed E-state index contributed by atoms with van der Waals surface area (Å²) in [7, 11) is 1.71. The van der Waals surface area contributed by atoms with Crippen LogP contribution in [0.5, 0.6) is 5.75 Å². The Morgan fingerprint density at radius 3 is 2.73 bits per heavy atom. The molecular formula is C15H21N5O2. The maximum atomic E-state index is 5.60. The lowest BCUT2D eigenvalue weighted by Crippen LogP contribution is -2.36. The Morgan fingerprint density at radius 1 is 1.27 bits per heavy atom. The van der Waals surface area contributed by atoms with Gasteiger partial charge >= 0.3 is 0 Å². The van der Waals surface area contributed by atoms with Crippen LogP contribution < -0.4 is 15.4 Å². The second-order valence-corrected chi connectivity index (χ2v) is 4.56. The van der Waals surface area contributed by atoms with Crippen molar-refractivity contribution in [1.82, 2.24) is 20.8 Å². The van der Waals surface area contributed by atoms with Gasteiger partial charge in [0.1, 0.15) is 5.75 Å². The van der Waals surface area contributed by atoms with Crippen LogP contribution in [-0.2, 0) is 13.1 Å². The third kappa shape index (κ3) is 4.47. The van der Waals surface area contributed by atoms with Gasteiger partial charge in [0, 0.05) is 19.2 Å². The summed E-state index contributed by atoms with van der Waals surface area (Å²) in [6, 6.07) is 7.92. The fraction of sp³-hybridized carbons (Fsp3) is 0.400. The fourth-order valence-corrected chi connectivity index (χ4v) is 1.92. The highest BCUT2D eigenvalue weighted by Gasteiger charge is 2.06. The summed E-state index contributed by atoms with van der Waals surface area (Å²) >= 11 is 0. The van der Waals surface area contributed by atoms with E-state index in [4.69, 9.17) is 9.26 Å². The van der Waals surface area contributed by atoms with Crippen LogP contribution >= 0.6 is 0 Å². The zero-order chi connectivity index (χ0) is 15.8. The highest BCUT2D eigenvalue weighted by Crippen LogP contribution is 2.17. The Bertz CT molecular complexity index is 624. The minimum Gasteiger partial charge on any atom is -0.494 e. The molecule has 0 atom stereocenters. The first kappa shape index (κ1) is 15.8. The number of hydrogen-bond donors (Lipinski definition) is 2. The van der Waals surface area contributed by atoms with Gasteiger partial charge in [0.05, 0.1) is 13.2 Å². The molecule has 0 bridgehead atoms. The summed E-state index contributed by atoms with van der Waals surface area (Å²) in [4.78, 5) is 8.30. The summed E-state index contributed by atoms with van der Waals surface area (Å²) in [5.74, 6) is 2.67. The fourth-order valence-electron chi connectivity index (χ4n) is 1.92. The van der Waals surface area contributed by atoms with Crippen molar-refractivity contribution < 1.29 is 9.26 Å². The van der Waals surface area contributed by atoms with Crippen LogP contribution in [-0.4, -0.2) is 29.8 Å². The molecule has 2 rings (SSSR count). The normalized spacial score (nSPS) is 11.3. The first-order valence-electron chi connectivity index (χ1n) is 7.17. The molecule has 7 nitrogen and oxygen atoms in total. The van der Waals surface area contributed by atoms with E-state index in [1.54, 1.807) is 14.0 Å². The molecule has 118 valence electrons. The Labute approximate surface area is 129 Å². The zero-order valence-electron chi connectivity index (χ0n) is 13.1. The molecule has 0 fully saturated rings. The Morgan fingerprint density at radius 2 is 2.05 bits per heavy atom. The Kier molecular flexibility index (Phi) is 5.76. The third-order valence-corrected chi connectivity index (χ3v) is 2.92. The molecule has 7 heteroatoms. The van der Waals surface area contributed by atoms with Gasteiger partial charge < -0.3 is 19.9 Å². The average molecular weight is 303 g/mol. The van der Waals surface area contributed by atoms with Gasteiger partial charge in [0.15, 0.2) is 11.8 Å². The molecule has 2 N–H and O–H groups in total. The Balaban J connectivity index is 1.88. The van der Waals surface area contributed by atoms with Gasteiger partial charge in [-0.1, -0.05) is 23.4 Å². The second-order valence-electron chi connectivity index (χ2n) is 4.56. The van der Waals surface area contributed by atoms with E-state index in [1.807, 2.05) is 31.2 Å². The molecule has 0 radical (unpaired) electrons. The number of benzene rings is 1. The lowest BCUT2D eigenvalue weighted by molar-refractivity contribution is 0.336. The van der Waals surface area contributed by atoms with Gasteiger partial charge in [-0.05, 0) is 19.9 Å². The first-order valence-corrected chi connectivity index (χ1v) is 7.17. The monoisotopic (exact) mass is 303 g/mol. The number of para-hydroxylation sites is 1. The van der Waals surface area contributed by atoms with Crippen molar-refractivity contribution in [3.63, 3.8) is 0 Å². The van der Waals surface area contributed by atoms with Crippen LogP contribution in [0.1, 0.15) is 24.2 Å². The number of guanidine groups is 1. The van der Waals surface area contributed by atoms with Crippen molar-refractivity contribution in [1.29, 1.82) is 0 Å². The zero-order valence-corrected chi connectivity index (χ0v) is 13.1. The van der Waals surface area contributed by atoms with Gasteiger partial charge in [-0.3, -0.25) is 4.99 Å². The largest absolute Gasteiger partial charge is 0.494 e. The van der Waals surface area contributed by atoms with Crippen LogP contribution in [0.3, 0.4) is 0 Å². The number of rotatable bonds is 6. The molecule has 2 aromatic rings. The van der Waals surface area contributed by atoms with Crippen molar-refractivity contribution in [3.05, 3.63) is 41.5 Å². The summed E-state index contributed by atoms with van der Waals surface area (Å²) in [6.45, 7) is 5.43. The summed E-state index contributed by atoms with van der Waals surface area (Å²) in [5.41, 5.74) is 1.07. The maximum absolute atomic E-state index is 5.60. The van der Waals surface area contributed by atoms with Gasteiger partial charge in [0.25, 0.3) is 0 Å². The standard InChI is InChI=1S/C15H21N5O2/c1-4-21-13-8-6-5-7-12(13)9-17-15(16-3)18-10-14-19-11(2)20-22-14/h5-8H,4,9-10H2,1-3H3,(H2,16,17,18). The minimum absolute atomic E-state index is 0.424. The highest BCUT2D eigenvalue weighted by atomic mass is 16.5. The van der Waals surface area contributed by atoms with Gasteiger partial charge in [-0.15, -0.1) is 0 Å². The molecule has 0 aliphatic carbocycles. The van der Waals surface area contributed by atoms with E-state index in [0.717, 1.165) is 11.3 Å². The third-order valence-electron chi connectivity index (χ3n) is 2.92. The molecule has 0 saturated heterocycles. The van der Waals surface area contributed by atoms with E-state index in [1.165, 1.54) is 0 Å². The van der Waals surface area contributed by atoms with E-state index in [9.17, 15) is 0 Å². The van der Waals surface area contributed by atoms with Gasteiger partial charge in [-0.25, -0.2) is 0 Å². The molecule has 1 aromatic heterocycles. The summed E-state index contributed by atoms with van der Waals surface area (Å²) < 4.78 is 10.6. The smallest absolute Gasteiger partial charge is 0.246 e. The Hall–Kier alpha value is -2.57. The SMILES string of the molecule is CCOc1ccccc1CNC(=NC)NCc1nc(C)no1. The number of nitrogens with one attached hydrogen (secondary N) is 2. The van der Waals surface area contributed by atoms with Gasteiger partial charge in [-0.2, -0.15) is 4.98 Å². The lowest BCUT2D eigenvalue weighted by Gasteiger charge is -2.13. The van der Waals surface area contributed by atoms with Crippen LogP contribution in [0.4, 0.5) is 0 Å². The molecular weight excluding hydrogens is 282 g/mol. The molecule has 0 unspecified atom stereocenters. The van der Waals surface area contributed by atoms with Crippen LogP contribution in [0.15, 0.2) is 33.8 Å². The number of hydrogen-bond acceptors (Lipinski definition) is 5. The molecule has 1 heterocycles. The van der Waals surface area contributed by atoms with Gasteiger partial charge in [0.2, 0.25) is 5.89 Å². The molecule has 0 aliphatic rings. The van der Waals surface area contributed by atoms with E-state index in [0.29, 0.717) is 37.4 Å². The van der Waals surface area contributed by atoms with E-state index in [2.05, 4.69) is 25.8 Å². The summed E-state index contributed by atoms with van der Waals surface area (Å²) in [5, 5.41) is 10.1. The molecule has 0 aliphatic heterocycles. The minimum atomic E-state index is 0.424. The van der Waals surface area contributed by atoms with Crippen LogP contribution in [0, 0.1) is 6.92 Å². The van der Waals surface area contributed by atoms with Crippen LogP contribution in [0.2, 0.25) is 0 Å². The molecule has 0 amide bonds. The van der Waals surface area contributed by atoms with E-state index < -0.39 is 0 Å². The predicted octanol–water partition coefficient (Wildman–Crippen LogP) is 1.64. The number of aliphatic imine (C=N–C) groups is 1. The number of nitrogens with zero attached hydrogens (tertiary/aromatic N) is 3. The van der Waals surface area contributed by atoms with Crippen molar-refractivity contribution >= 4 is 5.96 Å². The van der Waals surface area contributed by atoms with E-state index in [-0.39, 0.29) is 0 Å². The molecule has 0 saturated carbocycles. The second kappa shape index (κ2) is 8.02. The number of ether oxygens (including phenoxy) is 1. The summed E-state index contributed by atoms with van der Waals surface area (Å²) in [6.07, 6.45) is 0. The quantitative estimate of drug-likeness (QED) is 0.623. The van der Waals surface area contributed by atoms with E-state index >= 15 is 0 Å². The predicted molar refractivity (Wildman–Crippen MR) is 83.7 cm³/mol. The number of aromatic nitrogens is 2.